The van der Waals surface area contributed by atoms with Crippen molar-refractivity contribution < 1.29 is 9.53 Å². The third-order valence-corrected chi connectivity index (χ3v) is 2.70. The molecular weight excluding hydrogens is 240 g/mol. The summed E-state index contributed by atoms with van der Waals surface area (Å²) in [5.41, 5.74) is 7.80. The lowest BCUT2D eigenvalue weighted by Gasteiger charge is -2.10. The van der Waals surface area contributed by atoms with E-state index in [4.69, 9.17) is 10.5 Å². The van der Waals surface area contributed by atoms with Crippen LogP contribution in [0.25, 0.3) is 0 Å². The molecule has 0 saturated carbocycles. The second-order valence-corrected chi connectivity index (χ2v) is 4.24. The minimum absolute atomic E-state index is 0.517. The van der Waals surface area contributed by atoms with Gasteiger partial charge in [-0.3, -0.25) is 0 Å². The van der Waals surface area contributed by atoms with E-state index in [1.807, 2.05) is 43.3 Å². The minimum atomic E-state index is -0.568. The average Bonchev–Trinajstić information content (AvgIpc) is 2.40. The van der Waals surface area contributed by atoms with Gasteiger partial charge in [-0.25, -0.2) is 4.79 Å². The zero-order chi connectivity index (χ0) is 13.7. The van der Waals surface area contributed by atoms with Gasteiger partial charge >= 0.3 is 6.03 Å². The van der Waals surface area contributed by atoms with Gasteiger partial charge in [-0.1, -0.05) is 30.3 Å². The Morgan fingerprint density at radius 2 is 1.95 bits per heavy atom. The van der Waals surface area contributed by atoms with Gasteiger partial charge in [0.05, 0.1) is 0 Å². The second-order valence-electron chi connectivity index (χ2n) is 4.24. The quantitative estimate of drug-likeness (QED) is 0.883. The molecule has 0 saturated heterocycles. The number of nitrogens with two attached hydrogens (primary N) is 1. The molecule has 0 aromatic heterocycles. The number of amides is 2. The van der Waals surface area contributed by atoms with Crippen molar-refractivity contribution in [3.8, 4) is 5.75 Å². The molecule has 2 amide bonds. The third kappa shape index (κ3) is 3.74. The molecule has 3 N–H and O–H groups in total. The zero-order valence-electron chi connectivity index (χ0n) is 10.7. The first kappa shape index (κ1) is 13.0. The number of carbonyl (C=O) groups is 1. The molecule has 0 aliphatic rings. The smallest absolute Gasteiger partial charge is 0.316 e. The molecule has 0 heterocycles. The maximum atomic E-state index is 10.8. The van der Waals surface area contributed by atoms with Gasteiger partial charge in [0.25, 0.3) is 0 Å². The molecule has 0 bridgehead atoms. The standard InChI is InChI=1S/C15H16N2O2/c1-11-9-13(7-8-14(11)17-15(16)18)19-10-12-5-3-2-4-6-12/h2-9H,10H2,1H3,(H3,16,17,18). The number of carbonyl (C=O) groups excluding carboxylic acids is 1. The van der Waals surface area contributed by atoms with Gasteiger partial charge < -0.3 is 15.8 Å². The number of nitrogens with one attached hydrogen (secondary N) is 1. The molecule has 0 fully saturated rings. The molecule has 19 heavy (non-hydrogen) atoms. The average molecular weight is 256 g/mol. The zero-order valence-corrected chi connectivity index (χ0v) is 10.7. The highest BCUT2D eigenvalue weighted by Crippen LogP contribution is 2.22. The fourth-order valence-corrected chi connectivity index (χ4v) is 1.74. The van der Waals surface area contributed by atoms with E-state index < -0.39 is 6.03 Å². The predicted octanol–water partition coefficient (Wildman–Crippen LogP) is 3.06. The number of hydrogen-bond donors (Lipinski definition) is 2. The lowest BCUT2D eigenvalue weighted by atomic mass is 10.2. The number of rotatable bonds is 4. The molecule has 0 atom stereocenters. The molecule has 0 aliphatic carbocycles. The summed E-state index contributed by atoms with van der Waals surface area (Å²) >= 11 is 0. The molecule has 0 unspecified atom stereocenters. The first-order valence-corrected chi connectivity index (χ1v) is 5.99. The Hall–Kier alpha value is -2.49. The van der Waals surface area contributed by atoms with Crippen molar-refractivity contribution in [2.24, 2.45) is 5.73 Å². The molecule has 2 aromatic carbocycles. The summed E-state index contributed by atoms with van der Waals surface area (Å²) in [5, 5.41) is 2.56. The molecule has 2 rings (SSSR count). The largest absolute Gasteiger partial charge is 0.489 e. The van der Waals surface area contributed by atoms with Crippen LogP contribution in [0.15, 0.2) is 48.5 Å². The van der Waals surface area contributed by atoms with E-state index >= 15 is 0 Å². The van der Waals surface area contributed by atoms with Crippen LogP contribution >= 0.6 is 0 Å². The fraction of sp³-hybridized carbons (Fsp3) is 0.133. The fourth-order valence-electron chi connectivity index (χ4n) is 1.74. The van der Waals surface area contributed by atoms with Crippen molar-refractivity contribution in [1.29, 1.82) is 0 Å². The van der Waals surface area contributed by atoms with Gasteiger partial charge in [-0.05, 0) is 36.2 Å². The third-order valence-electron chi connectivity index (χ3n) is 2.70. The number of aryl methyl sites for hydroxylation is 1. The maximum Gasteiger partial charge on any atom is 0.316 e. The molecule has 4 heteroatoms. The molecule has 0 spiro atoms. The summed E-state index contributed by atoms with van der Waals surface area (Å²) < 4.78 is 5.69. The summed E-state index contributed by atoms with van der Waals surface area (Å²) in [6.45, 7) is 2.41. The van der Waals surface area contributed by atoms with Crippen molar-refractivity contribution in [2.45, 2.75) is 13.5 Å². The Labute approximate surface area is 112 Å². The van der Waals surface area contributed by atoms with Crippen LogP contribution in [0.5, 0.6) is 5.75 Å². The van der Waals surface area contributed by atoms with Gasteiger partial charge in [0.15, 0.2) is 0 Å². The Bertz CT molecular complexity index is 568. The van der Waals surface area contributed by atoms with E-state index in [9.17, 15) is 4.79 Å². The van der Waals surface area contributed by atoms with Gasteiger partial charge in [-0.2, -0.15) is 0 Å². The van der Waals surface area contributed by atoms with E-state index in [0.717, 1.165) is 16.9 Å². The lowest BCUT2D eigenvalue weighted by Crippen LogP contribution is -2.19. The number of anilines is 1. The monoisotopic (exact) mass is 256 g/mol. The van der Waals surface area contributed by atoms with E-state index in [0.29, 0.717) is 12.3 Å². The normalized spacial score (nSPS) is 9.95. The van der Waals surface area contributed by atoms with Crippen molar-refractivity contribution >= 4 is 11.7 Å². The van der Waals surface area contributed by atoms with Crippen LogP contribution in [0.2, 0.25) is 0 Å². The van der Waals surface area contributed by atoms with Crippen molar-refractivity contribution in [3.63, 3.8) is 0 Å². The van der Waals surface area contributed by atoms with Crippen LogP contribution in [-0.2, 0) is 6.61 Å². The summed E-state index contributed by atoms with van der Waals surface area (Å²) in [5.74, 6) is 0.761. The SMILES string of the molecule is Cc1cc(OCc2ccccc2)ccc1NC(N)=O. The summed E-state index contributed by atoms with van der Waals surface area (Å²) in [7, 11) is 0. The molecule has 0 aliphatic heterocycles. The Morgan fingerprint density at radius 3 is 2.58 bits per heavy atom. The highest BCUT2D eigenvalue weighted by Gasteiger charge is 2.03. The van der Waals surface area contributed by atoms with Crippen LogP contribution in [0, 0.1) is 6.92 Å². The molecule has 2 aromatic rings. The lowest BCUT2D eigenvalue weighted by molar-refractivity contribution is 0.259. The highest BCUT2D eigenvalue weighted by molar-refractivity contribution is 5.88. The summed E-state index contributed by atoms with van der Waals surface area (Å²) in [6, 6.07) is 14.8. The molecular formula is C15H16N2O2. The van der Waals surface area contributed by atoms with Crippen molar-refractivity contribution in [2.75, 3.05) is 5.32 Å². The van der Waals surface area contributed by atoms with Crippen molar-refractivity contribution in [3.05, 3.63) is 59.7 Å². The molecule has 0 radical (unpaired) electrons. The number of benzene rings is 2. The highest BCUT2D eigenvalue weighted by atomic mass is 16.5. The van der Waals surface area contributed by atoms with Crippen molar-refractivity contribution in [1.82, 2.24) is 0 Å². The predicted molar refractivity (Wildman–Crippen MR) is 75.2 cm³/mol. The van der Waals surface area contributed by atoms with Gasteiger partial charge in [0.2, 0.25) is 0 Å². The van der Waals surface area contributed by atoms with E-state index in [2.05, 4.69) is 5.32 Å². The summed E-state index contributed by atoms with van der Waals surface area (Å²) in [6.07, 6.45) is 0. The number of primary amides is 1. The topological polar surface area (TPSA) is 64.3 Å². The Balaban J connectivity index is 2.02. The Kier molecular flexibility index (Phi) is 4.03. The maximum absolute atomic E-state index is 10.8. The first-order chi connectivity index (χ1) is 9.15. The van der Waals surface area contributed by atoms with E-state index in [1.54, 1.807) is 12.1 Å². The summed E-state index contributed by atoms with van der Waals surface area (Å²) in [4.78, 5) is 10.8. The van der Waals surface area contributed by atoms with Gasteiger partial charge in [-0.15, -0.1) is 0 Å². The van der Waals surface area contributed by atoms with Crippen LogP contribution in [0.1, 0.15) is 11.1 Å². The van der Waals surface area contributed by atoms with Crippen LogP contribution in [0.3, 0.4) is 0 Å². The second kappa shape index (κ2) is 5.91. The van der Waals surface area contributed by atoms with Gasteiger partial charge in [0, 0.05) is 5.69 Å². The molecule has 98 valence electrons. The molecule has 4 nitrogen and oxygen atoms in total. The number of hydrogen-bond acceptors (Lipinski definition) is 2. The van der Waals surface area contributed by atoms with E-state index in [1.165, 1.54) is 0 Å². The Morgan fingerprint density at radius 1 is 1.21 bits per heavy atom. The first-order valence-electron chi connectivity index (χ1n) is 5.99. The van der Waals surface area contributed by atoms with E-state index in [-0.39, 0.29) is 0 Å². The van der Waals surface area contributed by atoms with Crippen LogP contribution in [0.4, 0.5) is 10.5 Å². The van der Waals surface area contributed by atoms with Crippen LogP contribution < -0.4 is 15.8 Å². The number of urea groups is 1. The van der Waals surface area contributed by atoms with Gasteiger partial charge in [0.1, 0.15) is 12.4 Å². The van der Waals surface area contributed by atoms with Crippen LogP contribution in [-0.4, -0.2) is 6.03 Å². The minimum Gasteiger partial charge on any atom is -0.489 e. The number of ether oxygens (including phenoxy) is 1.